The van der Waals surface area contributed by atoms with Gasteiger partial charge < -0.3 is 5.32 Å². The second kappa shape index (κ2) is 8.57. The molecule has 6 heteroatoms. The number of nitrogens with zero attached hydrogens (tertiary/aromatic N) is 2. The SMILES string of the molecule is O=C(NC1CCN([C@H]2CC(=O)N(Cc3ccccc3)C2=O)CC1)c1ccccc1. The normalized spacial score (nSPS) is 20.8. The number of likely N-dealkylation sites (tertiary alicyclic amines) is 2. The molecular weight excluding hydrogens is 366 g/mol. The van der Waals surface area contributed by atoms with E-state index in [9.17, 15) is 14.4 Å². The Hall–Kier alpha value is -2.99. The van der Waals surface area contributed by atoms with Crippen LogP contribution in [0.4, 0.5) is 0 Å². The number of piperidine rings is 1. The summed E-state index contributed by atoms with van der Waals surface area (Å²) in [5.74, 6) is -0.279. The number of hydrogen-bond acceptors (Lipinski definition) is 4. The second-order valence-electron chi connectivity index (χ2n) is 7.67. The van der Waals surface area contributed by atoms with E-state index in [1.807, 2.05) is 48.5 Å². The van der Waals surface area contributed by atoms with Crippen LogP contribution in [0.5, 0.6) is 0 Å². The van der Waals surface area contributed by atoms with E-state index < -0.39 is 0 Å². The molecule has 2 aromatic carbocycles. The van der Waals surface area contributed by atoms with Gasteiger partial charge in [-0.25, -0.2) is 0 Å². The molecule has 4 rings (SSSR count). The Morgan fingerprint density at radius 2 is 1.55 bits per heavy atom. The molecule has 2 fully saturated rings. The molecule has 2 aliphatic heterocycles. The zero-order valence-corrected chi connectivity index (χ0v) is 16.3. The minimum Gasteiger partial charge on any atom is -0.349 e. The first-order valence-electron chi connectivity index (χ1n) is 10.1. The average molecular weight is 391 g/mol. The van der Waals surface area contributed by atoms with Gasteiger partial charge in [0.05, 0.1) is 19.0 Å². The fraction of sp³-hybridized carbons (Fsp3) is 0.348. The van der Waals surface area contributed by atoms with Crippen molar-refractivity contribution in [3.8, 4) is 0 Å². The van der Waals surface area contributed by atoms with E-state index in [2.05, 4.69) is 10.2 Å². The molecule has 2 saturated heterocycles. The minimum absolute atomic E-state index is 0.0646. The summed E-state index contributed by atoms with van der Waals surface area (Å²) in [6, 6.07) is 18.5. The predicted octanol–water partition coefficient (Wildman–Crippen LogP) is 2.21. The van der Waals surface area contributed by atoms with Crippen molar-refractivity contribution in [1.82, 2.24) is 15.1 Å². The highest BCUT2D eigenvalue weighted by atomic mass is 16.2. The maximum Gasteiger partial charge on any atom is 0.251 e. The first kappa shape index (κ1) is 19.3. The largest absolute Gasteiger partial charge is 0.349 e. The van der Waals surface area contributed by atoms with Gasteiger partial charge in [0.15, 0.2) is 0 Å². The summed E-state index contributed by atoms with van der Waals surface area (Å²) in [5.41, 5.74) is 1.61. The Balaban J connectivity index is 1.31. The number of imide groups is 1. The minimum atomic E-state index is -0.378. The molecule has 1 atom stereocenters. The number of carbonyl (C=O) groups excluding carboxylic acids is 3. The monoisotopic (exact) mass is 391 g/mol. The van der Waals surface area contributed by atoms with Crippen LogP contribution < -0.4 is 5.32 Å². The molecule has 1 N–H and O–H groups in total. The number of nitrogens with one attached hydrogen (secondary N) is 1. The van der Waals surface area contributed by atoms with Crippen LogP contribution in [0.25, 0.3) is 0 Å². The predicted molar refractivity (Wildman–Crippen MR) is 109 cm³/mol. The van der Waals surface area contributed by atoms with E-state index in [1.54, 1.807) is 12.1 Å². The highest BCUT2D eigenvalue weighted by molar-refractivity contribution is 6.05. The van der Waals surface area contributed by atoms with Gasteiger partial charge in [0.25, 0.3) is 5.91 Å². The Labute approximate surface area is 170 Å². The summed E-state index contributed by atoms with van der Waals surface area (Å²) in [7, 11) is 0. The zero-order valence-electron chi connectivity index (χ0n) is 16.3. The molecule has 0 aromatic heterocycles. The number of amides is 3. The fourth-order valence-corrected chi connectivity index (χ4v) is 4.10. The molecule has 2 aromatic rings. The van der Waals surface area contributed by atoms with Crippen molar-refractivity contribution >= 4 is 17.7 Å². The Kier molecular flexibility index (Phi) is 5.71. The van der Waals surface area contributed by atoms with Crippen molar-refractivity contribution in [2.45, 2.75) is 37.9 Å². The quantitative estimate of drug-likeness (QED) is 0.794. The maximum absolute atomic E-state index is 12.9. The van der Waals surface area contributed by atoms with Crippen molar-refractivity contribution in [3.05, 3.63) is 71.8 Å². The molecule has 0 bridgehead atoms. The van der Waals surface area contributed by atoms with Crippen LogP contribution in [0.2, 0.25) is 0 Å². The topological polar surface area (TPSA) is 69.7 Å². The zero-order chi connectivity index (χ0) is 20.2. The van der Waals surface area contributed by atoms with E-state index in [0.29, 0.717) is 25.2 Å². The second-order valence-corrected chi connectivity index (χ2v) is 7.67. The van der Waals surface area contributed by atoms with Gasteiger partial charge in [-0.3, -0.25) is 24.2 Å². The van der Waals surface area contributed by atoms with Crippen molar-refractivity contribution < 1.29 is 14.4 Å². The highest BCUT2D eigenvalue weighted by Crippen LogP contribution is 2.24. The molecule has 29 heavy (non-hydrogen) atoms. The first-order chi connectivity index (χ1) is 14.1. The van der Waals surface area contributed by atoms with Crippen LogP contribution in [0.15, 0.2) is 60.7 Å². The van der Waals surface area contributed by atoms with E-state index >= 15 is 0 Å². The Morgan fingerprint density at radius 1 is 0.931 bits per heavy atom. The molecular formula is C23H25N3O3. The molecule has 0 aliphatic carbocycles. The lowest BCUT2D eigenvalue weighted by Gasteiger charge is -2.35. The van der Waals surface area contributed by atoms with Gasteiger partial charge in [0.2, 0.25) is 11.8 Å². The summed E-state index contributed by atoms with van der Waals surface area (Å²) in [5, 5.41) is 3.08. The first-order valence-corrected chi connectivity index (χ1v) is 10.1. The lowest BCUT2D eigenvalue weighted by molar-refractivity contribution is -0.140. The van der Waals surface area contributed by atoms with E-state index in [1.165, 1.54) is 4.90 Å². The van der Waals surface area contributed by atoms with Crippen LogP contribution in [0.1, 0.15) is 35.2 Å². The smallest absolute Gasteiger partial charge is 0.251 e. The number of hydrogen-bond donors (Lipinski definition) is 1. The lowest BCUT2D eigenvalue weighted by Crippen LogP contribution is -2.50. The summed E-state index contributed by atoms with van der Waals surface area (Å²) in [6.07, 6.45) is 1.79. The van der Waals surface area contributed by atoms with Gasteiger partial charge in [-0.2, -0.15) is 0 Å². The summed E-state index contributed by atoms with van der Waals surface area (Å²) in [6.45, 7) is 1.73. The highest BCUT2D eigenvalue weighted by Gasteiger charge is 2.42. The van der Waals surface area contributed by atoms with E-state index in [0.717, 1.165) is 18.4 Å². The van der Waals surface area contributed by atoms with Crippen molar-refractivity contribution in [2.75, 3.05) is 13.1 Å². The molecule has 2 heterocycles. The summed E-state index contributed by atoms with van der Waals surface area (Å²) < 4.78 is 0. The number of benzene rings is 2. The van der Waals surface area contributed by atoms with Crippen molar-refractivity contribution in [2.24, 2.45) is 0 Å². The van der Waals surface area contributed by atoms with E-state index in [-0.39, 0.29) is 36.2 Å². The molecule has 0 saturated carbocycles. The van der Waals surface area contributed by atoms with Gasteiger partial charge in [-0.05, 0) is 30.5 Å². The molecule has 150 valence electrons. The lowest BCUT2D eigenvalue weighted by atomic mass is 10.0. The van der Waals surface area contributed by atoms with Crippen LogP contribution in [0, 0.1) is 0 Å². The Bertz CT molecular complexity index is 877. The average Bonchev–Trinajstić information content (AvgIpc) is 3.04. The van der Waals surface area contributed by atoms with Crippen LogP contribution in [-0.4, -0.2) is 52.7 Å². The molecule has 3 amide bonds. The van der Waals surface area contributed by atoms with Crippen LogP contribution in [0.3, 0.4) is 0 Å². The number of carbonyl (C=O) groups is 3. The van der Waals surface area contributed by atoms with Gasteiger partial charge in [0, 0.05) is 24.7 Å². The van der Waals surface area contributed by atoms with Crippen molar-refractivity contribution in [3.63, 3.8) is 0 Å². The van der Waals surface area contributed by atoms with Gasteiger partial charge in [-0.1, -0.05) is 48.5 Å². The fourth-order valence-electron chi connectivity index (χ4n) is 4.10. The third-order valence-electron chi connectivity index (χ3n) is 5.75. The van der Waals surface area contributed by atoms with Crippen LogP contribution in [-0.2, 0) is 16.1 Å². The van der Waals surface area contributed by atoms with Crippen molar-refractivity contribution in [1.29, 1.82) is 0 Å². The molecule has 2 aliphatic rings. The standard InChI is InChI=1S/C23H25N3O3/c27-21-15-20(23(29)26(21)16-17-7-3-1-4-8-17)25-13-11-19(12-14-25)24-22(28)18-9-5-2-6-10-18/h1-10,19-20H,11-16H2,(H,24,28)/t20-/m0/s1. The van der Waals surface area contributed by atoms with E-state index in [4.69, 9.17) is 0 Å². The third-order valence-corrected chi connectivity index (χ3v) is 5.75. The molecule has 0 unspecified atom stereocenters. The summed E-state index contributed by atoms with van der Waals surface area (Å²) >= 11 is 0. The molecule has 0 radical (unpaired) electrons. The number of rotatable bonds is 5. The maximum atomic E-state index is 12.9. The third kappa shape index (κ3) is 4.38. The van der Waals surface area contributed by atoms with Gasteiger partial charge in [0.1, 0.15) is 0 Å². The Morgan fingerprint density at radius 3 is 2.21 bits per heavy atom. The van der Waals surface area contributed by atoms with Gasteiger partial charge in [-0.15, -0.1) is 0 Å². The van der Waals surface area contributed by atoms with Gasteiger partial charge >= 0.3 is 0 Å². The molecule has 0 spiro atoms. The molecule has 6 nitrogen and oxygen atoms in total. The van der Waals surface area contributed by atoms with Crippen LogP contribution >= 0.6 is 0 Å². The summed E-state index contributed by atoms with van der Waals surface area (Å²) in [4.78, 5) is 41.1.